The Kier molecular flexibility index (Phi) is 3.79. The smallest absolute Gasteiger partial charge is 0.149 e. The van der Waals surface area contributed by atoms with Gasteiger partial charge in [-0.15, -0.1) is 11.3 Å². The molecule has 0 saturated heterocycles. The SMILES string of the molecule is CC(Nc1ccc(F)cc1F)c1cc(Br)cs1. The molecule has 0 radical (unpaired) electrons. The zero-order chi connectivity index (χ0) is 12.4. The first-order valence-electron chi connectivity index (χ1n) is 5.02. The lowest BCUT2D eigenvalue weighted by Crippen LogP contribution is -2.06. The minimum absolute atomic E-state index is 0.0220. The van der Waals surface area contributed by atoms with Crippen LogP contribution in [0.1, 0.15) is 17.8 Å². The predicted molar refractivity (Wildman–Crippen MR) is 70.4 cm³/mol. The van der Waals surface area contributed by atoms with E-state index in [1.807, 2.05) is 18.4 Å². The van der Waals surface area contributed by atoms with Gasteiger partial charge in [0.15, 0.2) is 0 Å². The second-order valence-electron chi connectivity index (χ2n) is 3.66. The van der Waals surface area contributed by atoms with Gasteiger partial charge in [-0.25, -0.2) is 8.78 Å². The second-order valence-corrected chi connectivity index (χ2v) is 5.52. The van der Waals surface area contributed by atoms with Gasteiger partial charge in [-0.05, 0) is 41.1 Å². The second kappa shape index (κ2) is 5.14. The molecule has 0 bridgehead atoms. The standard InChI is InChI=1S/C12H10BrF2NS/c1-7(12-4-8(13)6-17-12)16-11-3-2-9(14)5-10(11)15/h2-7,16H,1H3. The molecule has 0 aliphatic carbocycles. The van der Waals surface area contributed by atoms with E-state index in [4.69, 9.17) is 0 Å². The van der Waals surface area contributed by atoms with Crippen LogP contribution >= 0.6 is 27.3 Å². The molecule has 0 saturated carbocycles. The van der Waals surface area contributed by atoms with Gasteiger partial charge < -0.3 is 5.32 Å². The summed E-state index contributed by atoms with van der Waals surface area (Å²) in [6.45, 7) is 1.93. The Hall–Kier alpha value is -0.940. The summed E-state index contributed by atoms with van der Waals surface area (Å²) < 4.78 is 27.2. The first kappa shape index (κ1) is 12.5. The van der Waals surface area contributed by atoms with Gasteiger partial charge in [0.1, 0.15) is 11.6 Å². The molecule has 1 nitrogen and oxygen atoms in total. The first-order chi connectivity index (χ1) is 8.06. The van der Waals surface area contributed by atoms with Gasteiger partial charge in [0.05, 0.1) is 11.7 Å². The van der Waals surface area contributed by atoms with Crippen LogP contribution in [0.3, 0.4) is 0 Å². The summed E-state index contributed by atoms with van der Waals surface area (Å²) in [4.78, 5) is 1.08. The number of benzene rings is 1. The number of hydrogen-bond donors (Lipinski definition) is 1. The highest BCUT2D eigenvalue weighted by Gasteiger charge is 2.10. The number of thiophene rings is 1. The normalized spacial score (nSPS) is 12.5. The zero-order valence-corrected chi connectivity index (χ0v) is 11.4. The van der Waals surface area contributed by atoms with Crippen molar-refractivity contribution in [2.75, 3.05) is 5.32 Å². The van der Waals surface area contributed by atoms with E-state index in [1.165, 1.54) is 12.1 Å². The van der Waals surface area contributed by atoms with Crippen LogP contribution in [0.2, 0.25) is 0 Å². The van der Waals surface area contributed by atoms with Crippen molar-refractivity contribution in [2.45, 2.75) is 13.0 Å². The van der Waals surface area contributed by atoms with Crippen molar-refractivity contribution in [3.05, 3.63) is 50.6 Å². The van der Waals surface area contributed by atoms with E-state index in [9.17, 15) is 8.78 Å². The molecule has 90 valence electrons. The van der Waals surface area contributed by atoms with Gasteiger partial charge in [0.25, 0.3) is 0 Å². The third-order valence-electron chi connectivity index (χ3n) is 2.32. The van der Waals surface area contributed by atoms with Crippen molar-refractivity contribution in [2.24, 2.45) is 0 Å². The van der Waals surface area contributed by atoms with Crippen molar-refractivity contribution < 1.29 is 8.78 Å². The Labute approximate surface area is 111 Å². The lowest BCUT2D eigenvalue weighted by Gasteiger charge is -2.14. The van der Waals surface area contributed by atoms with Crippen LogP contribution < -0.4 is 5.32 Å². The highest BCUT2D eigenvalue weighted by molar-refractivity contribution is 9.10. The third-order valence-corrected chi connectivity index (χ3v) is 4.19. The minimum Gasteiger partial charge on any atom is -0.375 e. The lowest BCUT2D eigenvalue weighted by molar-refractivity contribution is 0.584. The van der Waals surface area contributed by atoms with Crippen molar-refractivity contribution in [3.63, 3.8) is 0 Å². The summed E-state index contributed by atoms with van der Waals surface area (Å²) in [6.07, 6.45) is 0. The number of anilines is 1. The average Bonchev–Trinajstić information content (AvgIpc) is 2.69. The lowest BCUT2D eigenvalue weighted by atomic mass is 10.2. The molecule has 17 heavy (non-hydrogen) atoms. The van der Waals surface area contributed by atoms with E-state index in [2.05, 4.69) is 21.2 Å². The Balaban J connectivity index is 2.15. The van der Waals surface area contributed by atoms with Gasteiger partial charge in [-0.3, -0.25) is 0 Å². The number of nitrogens with one attached hydrogen (secondary N) is 1. The van der Waals surface area contributed by atoms with Crippen molar-refractivity contribution in [3.8, 4) is 0 Å². The van der Waals surface area contributed by atoms with Crippen LogP contribution in [0.5, 0.6) is 0 Å². The van der Waals surface area contributed by atoms with E-state index in [1.54, 1.807) is 11.3 Å². The predicted octanol–water partition coefficient (Wildman–Crippen LogP) is 4.96. The van der Waals surface area contributed by atoms with Crippen LogP contribution in [0.4, 0.5) is 14.5 Å². The van der Waals surface area contributed by atoms with Crippen molar-refractivity contribution >= 4 is 33.0 Å². The molecular weight excluding hydrogens is 308 g/mol. The molecule has 1 atom stereocenters. The summed E-state index contributed by atoms with van der Waals surface area (Å²) in [5.41, 5.74) is 0.309. The number of halogens is 3. The van der Waals surface area contributed by atoms with Crippen LogP contribution in [-0.4, -0.2) is 0 Å². The fraction of sp³-hybridized carbons (Fsp3) is 0.167. The fourth-order valence-corrected chi connectivity index (χ4v) is 2.92. The van der Waals surface area contributed by atoms with Gasteiger partial charge in [0, 0.05) is 20.8 Å². The molecule has 1 aromatic carbocycles. The summed E-state index contributed by atoms with van der Waals surface area (Å²) in [5, 5.41) is 4.98. The van der Waals surface area contributed by atoms with E-state index < -0.39 is 11.6 Å². The van der Waals surface area contributed by atoms with Crippen LogP contribution in [0.15, 0.2) is 34.1 Å². The molecule has 0 amide bonds. The van der Waals surface area contributed by atoms with Crippen molar-refractivity contribution in [1.82, 2.24) is 0 Å². The van der Waals surface area contributed by atoms with Gasteiger partial charge in [-0.1, -0.05) is 0 Å². The molecule has 1 aromatic heterocycles. The Bertz CT molecular complexity index is 527. The summed E-state index contributed by atoms with van der Waals surface area (Å²) in [6, 6.07) is 5.47. The highest BCUT2D eigenvalue weighted by Crippen LogP contribution is 2.28. The maximum Gasteiger partial charge on any atom is 0.149 e. The van der Waals surface area contributed by atoms with Gasteiger partial charge in [0.2, 0.25) is 0 Å². The largest absolute Gasteiger partial charge is 0.375 e. The minimum atomic E-state index is -0.576. The topological polar surface area (TPSA) is 12.0 Å². The molecule has 2 rings (SSSR count). The molecule has 0 spiro atoms. The molecule has 1 unspecified atom stereocenters. The monoisotopic (exact) mass is 317 g/mol. The van der Waals surface area contributed by atoms with Crippen LogP contribution in [0, 0.1) is 11.6 Å². The molecular formula is C12H10BrF2NS. The molecule has 0 fully saturated rings. The zero-order valence-electron chi connectivity index (χ0n) is 9.01. The van der Waals surface area contributed by atoms with Crippen LogP contribution in [0.25, 0.3) is 0 Å². The van der Waals surface area contributed by atoms with Crippen LogP contribution in [-0.2, 0) is 0 Å². The van der Waals surface area contributed by atoms with E-state index in [0.717, 1.165) is 15.4 Å². The van der Waals surface area contributed by atoms with E-state index >= 15 is 0 Å². The molecule has 5 heteroatoms. The van der Waals surface area contributed by atoms with Gasteiger partial charge >= 0.3 is 0 Å². The third kappa shape index (κ3) is 3.04. The average molecular weight is 318 g/mol. The molecule has 0 aliphatic heterocycles. The van der Waals surface area contributed by atoms with Gasteiger partial charge in [-0.2, -0.15) is 0 Å². The first-order valence-corrected chi connectivity index (χ1v) is 6.69. The maximum atomic E-state index is 13.4. The Morgan fingerprint density at radius 1 is 1.29 bits per heavy atom. The summed E-state index contributed by atoms with van der Waals surface area (Å²) in [5.74, 6) is -1.15. The molecule has 1 heterocycles. The molecule has 0 aliphatic rings. The molecule has 1 N–H and O–H groups in total. The highest BCUT2D eigenvalue weighted by atomic mass is 79.9. The Morgan fingerprint density at radius 2 is 2.06 bits per heavy atom. The fourth-order valence-electron chi connectivity index (χ4n) is 1.47. The quantitative estimate of drug-likeness (QED) is 0.843. The Morgan fingerprint density at radius 3 is 2.65 bits per heavy atom. The van der Waals surface area contributed by atoms with Crippen molar-refractivity contribution in [1.29, 1.82) is 0 Å². The van der Waals surface area contributed by atoms with E-state index in [0.29, 0.717) is 5.69 Å². The summed E-state index contributed by atoms with van der Waals surface area (Å²) >= 11 is 4.95. The number of hydrogen-bond acceptors (Lipinski definition) is 2. The van der Waals surface area contributed by atoms with E-state index in [-0.39, 0.29) is 6.04 Å². The number of rotatable bonds is 3. The molecule has 2 aromatic rings. The summed E-state index contributed by atoms with van der Waals surface area (Å²) in [7, 11) is 0. The maximum absolute atomic E-state index is 13.4.